The van der Waals surface area contributed by atoms with Crippen LogP contribution in [0, 0.1) is 5.41 Å². The summed E-state index contributed by atoms with van der Waals surface area (Å²) in [6, 6.07) is 9.70. The molecule has 6 nitrogen and oxygen atoms in total. The molecule has 1 aromatic carbocycles. The molecule has 2 aromatic rings. The molecule has 2 rings (SSSR count). The van der Waals surface area contributed by atoms with E-state index >= 15 is 0 Å². The number of hydrogen-bond acceptors (Lipinski definition) is 4. The summed E-state index contributed by atoms with van der Waals surface area (Å²) < 4.78 is 0. The van der Waals surface area contributed by atoms with Crippen molar-refractivity contribution >= 4 is 5.84 Å². The van der Waals surface area contributed by atoms with Crippen molar-refractivity contribution in [2.45, 2.75) is 19.4 Å². The summed E-state index contributed by atoms with van der Waals surface area (Å²) in [4.78, 5) is 1.53. The lowest BCUT2D eigenvalue weighted by molar-refractivity contribution is 0.506. The molecule has 0 aliphatic rings. The molecule has 3 N–H and O–H groups in total. The fraction of sp³-hybridized carbons (Fsp3) is 0.273. The van der Waals surface area contributed by atoms with Crippen molar-refractivity contribution in [3.05, 3.63) is 30.3 Å². The molecule has 0 saturated heterocycles. The van der Waals surface area contributed by atoms with Crippen LogP contribution in [-0.2, 0) is 6.54 Å². The Hall–Kier alpha value is -2.24. The molecule has 6 heteroatoms. The molecule has 0 aliphatic carbocycles. The van der Waals surface area contributed by atoms with E-state index in [-0.39, 0.29) is 5.84 Å². The summed E-state index contributed by atoms with van der Waals surface area (Å²) in [5.74, 6) is 0.807. The molecule has 0 unspecified atom stereocenters. The van der Waals surface area contributed by atoms with Gasteiger partial charge in [-0.25, -0.2) is 0 Å². The maximum atomic E-state index is 7.11. The normalized spacial score (nSPS) is 10.4. The summed E-state index contributed by atoms with van der Waals surface area (Å²) in [7, 11) is 0. The number of benzene rings is 1. The number of aryl methyl sites for hydroxylation is 1. The average Bonchev–Trinajstić information content (AvgIpc) is 2.78. The van der Waals surface area contributed by atoms with Gasteiger partial charge in [0.1, 0.15) is 0 Å². The molecule has 0 aliphatic heterocycles. The first-order chi connectivity index (χ1) is 8.25. The number of nitrogens with two attached hydrogens (primary N) is 1. The van der Waals surface area contributed by atoms with Crippen LogP contribution in [0.2, 0.25) is 0 Å². The fourth-order valence-corrected chi connectivity index (χ4v) is 1.45. The molecular weight excluding hydrogens is 216 g/mol. The van der Waals surface area contributed by atoms with Crippen LogP contribution in [0.3, 0.4) is 0 Å². The van der Waals surface area contributed by atoms with Crippen molar-refractivity contribution in [2.75, 3.05) is 0 Å². The number of nitrogens with zero attached hydrogens (tertiary/aromatic N) is 4. The third-order valence-corrected chi connectivity index (χ3v) is 2.29. The average molecular weight is 230 g/mol. The molecular formula is C11H14N6. The second kappa shape index (κ2) is 5.20. The van der Waals surface area contributed by atoms with E-state index < -0.39 is 0 Å². The van der Waals surface area contributed by atoms with Crippen LogP contribution in [-0.4, -0.2) is 26.0 Å². The van der Waals surface area contributed by atoms with Crippen molar-refractivity contribution in [2.24, 2.45) is 5.73 Å². The van der Waals surface area contributed by atoms with E-state index in [1.807, 2.05) is 30.3 Å². The highest BCUT2D eigenvalue weighted by Crippen LogP contribution is 2.11. The number of hydrogen-bond donors (Lipinski definition) is 2. The molecule has 0 fully saturated rings. The first kappa shape index (κ1) is 11.3. The van der Waals surface area contributed by atoms with Crippen molar-refractivity contribution in [3.63, 3.8) is 0 Å². The van der Waals surface area contributed by atoms with Crippen molar-refractivity contribution in [1.82, 2.24) is 20.2 Å². The molecule has 0 amide bonds. The Morgan fingerprint density at radius 1 is 1.29 bits per heavy atom. The third-order valence-electron chi connectivity index (χ3n) is 2.29. The molecule has 0 atom stereocenters. The van der Waals surface area contributed by atoms with Crippen LogP contribution in [0.5, 0.6) is 0 Å². The van der Waals surface area contributed by atoms with Crippen LogP contribution in [0.25, 0.3) is 11.4 Å². The monoisotopic (exact) mass is 230 g/mol. The summed E-state index contributed by atoms with van der Waals surface area (Å²) in [6.07, 6.45) is 1.31. The maximum absolute atomic E-state index is 7.11. The minimum absolute atomic E-state index is 0.188. The number of tetrazole rings is 1. The van der Waals surface area contributed by atoms with Crippen LogP contribution in [0.1, 0.15) is 12.8 Å². The van der Waals surface area contributed by atoms with Gasteiger partial charge in [0.25, 0.3) is 0 Å². The van der Waals surface area contributed by atoms with Gasteiger partial charge in [0.2, 0.25) is 5.82 Å². The molecule has 88 valence electrons. The van der Waals surface area contributed by atoms with Gasteiger partial charge in [-0.15, -0.1) is 10.2 Å². The Kier molecular flexibility index (Phi) is 3.44. The number of amidine groups is 1. The Morgan fingerprint density at radius 2 is 2.06 bits per heavy atom. The zero-order valence-electron chi connectivity index (χ0n) is 9.37. The highest BCUT2D eigenvalue weighted by Gasteiger charge is 2.04. The molecule has 0 radical (unpaired) electrons. The van der Waals surface area contributed by atoms with Gasteiger partial charge in [-0.05, 0) is 11.6 Å². The van der Waals surface area contributed by atoms with Gasteiger partial charge >= 0.3 is 0 Å². The van der Waals surface area contributed by atoms with E-state index in [0.717, 1.165) is 12.0 Å². The van der Waals surface area contributed by atoms with Crippen molar-refractivity contribution in [3.8, 4) is 11.4 Å². The number of nitrogens with one attached hydrogen (secondary N) is 1. The van der Waals surface area contributed by atoms with Crippen LogP contribution in [0.4, 0.5) is 0 Å². The SMILES string of the molecule is N=C(N)CCCn1nnc(-c2ccccc2)n1. The van der Waals surface area contributed by atoms with E-state index in [4.69, 9.17) is 11.1 Å². The van der Waals surface area contributed by atoms with E-state index in [9.17, 15) is 0 Å². The first-order valence-electron chi connectivity index (χ1n) is 5.42. The van der Waals surface area contributed by atoms with E-state index in [1.54, 1.807) is 0 Å². The Balaban J connectivity index is 1.99. The highest BCUT2D eigenvalue weighted by atomic mass is 15.6. The lowest BCUT2D eigenvalue weighted by Gasteiger charge is -1.97. The molecule has 1 aromatic heterocycles. The predicted octanol–water partition coefficient (Wildman–Crippen LogP) is 1.06. The zero-order chi connectivity index (χ0) is 12.1. The first-order valence-corrected chi connectivity index (χ1v) is 5.42. The van der Waals surface area contributed by atoms with Crippen LogP contribution >= 0.6 is 0 Å². The summed E-state index contributed by atoms with van der Waals surface area (Å²) >= 11 is 0. The quantitative estimate of drug-likeness (QED) is 0.593. The van der Waals surface area contributed by atoms with E-state index in [2.05, 4.69) is 15.4 Å². The highest BCUT2D eigenvalue weighted by molar-refractivity contribution is 5.76. The van der Waals surface area contributed by atoms with Gasteiger partial charge in [-0.3, -0.25) is 5.41 Å². The summed E-state index contributed by atoms with van der Waals surface area (Å²) in [5.41, 5.74) is 6.22. The minimum atomic E-state index is 0.188. The molecule has 17 heavy (non-hydrogen) atoms. The number of rotatable bonds is 5. The summed E-state index contributed by atoms with van der Waals surface area (Å²) in [5, 5.41) is 19.3. The van der Waals surface area contributed by atoms with Gasteiger partial charge in [-0.1, -0.05) is 30.3 Å². The zero-order valence-corrected chi connectivity index (χ0v) is 9.37. The van der Waals surface area contributed by atoms with Crippen LogP contribution < -0.4 is 5.73 Å². The lowest BCUT2D eigenvalue weighted by atomic mass is 10.2. The van der Waals surface area contributed by atoms with Crippen molar-refractivity contribution in [1.29, 1.82) is 5.41 Å². The lowest BCUT2D eigenvalue weighted by Crippen LogP contribution is -2.11. The van der Waals surface area contributed by atoms with E-state index in [0.29, 0.717) is 18.8 Å². The predicted molar refractivity (Wildman–Crippen MR) is 64.4 cm³/mol. The van der Waals surface area contributed by atoms with Gasteiger partial charge in [-0.2, -0.15) is 4.80 Å². The topological polar surface area (TPSA) is 93.5 Å². The Morgan fingerprint density at radius 3 is 2.76 bits per heavy atom. The fourth-order valence-electron chi connectivity index (χ4n) is 1.45. The van der Waals surface area contributed by atoms with Gasteiger partial charge in [0.15, 0.2) is 0 Å². The standard InChI is InChI=1S/C11H14N6/c12-10(13)7-4-8-17-15-11(14-16-17)9-5-2-1-3-6-9/h1-3,5-6H,4,7-8H2,(H3,12,13). The van der Waals surface area contributed by atoms with Gasteiger partial charge < -0.3 is 5.73 Å². The minimum Gasteiger partial charge on any atom is -0.388 e. The van der Waals surface area contributed by atoms with Crippen molar-refractivity contribution < 1.29 is 0 Å². The number of aromatic nitrogens is 4. The van der Waals surface area contributed by atoms with Gasteiger partial charge in [0.05, 0.1) is 12.4 Å². The largest absolute Gasteiger partial charge is 0.388 e. The molecule has 0 spiro atoms. The maximum Gasteiger partial charge on any atom is 0.204 e. The second-order valence-corrected chi connectivity index (χ2v) is 3.70. The Labute approximate surface area is 99.0 Å². The molecule has 0 saturated carbocycles. The smallest absolute Gasteiger partial charge is 0.204 e. The third kappa shape index (κ3) is 3.10. The second-order valence-electron chi connectivity index (χ2n) is 3.70. The van der Waals surface area contributed by atoms with E-state index in [1.165, 1.54) is 4.80 Å². The Bertz CT molecular complexity index is 490. The van der Waals surface area contributed by atoms with Crippen LogP contribution in [0.15, 0.2) is 30.3 Å². The summed E-state index contributed by atoms with van der Waals surface area (Å²) in [6.45, 7) is 0.624. The van der Waals surface area contributed by atoms with Gasteiger partial charge in [0, 0.05) is 12.0 Å². The molecule has 0 bridgehead atoms. The molecule has 1 heterocycles.